The number of nitrogens with one attached hydrogen (secondary N) is 2. The van der Waals surface area contributed by atoms with E-state index in [0.29, 0.717) is 22.1 Å². The van der Waals surface area contributed by atoms with Crippen LogP contribution in [0.25, 0.3) is 0 Å². The molecule has 0 heterocycles. The minimum Gasteiger partial charge on any atom is -0.495 e. The van der Waals surface area contributed by atoms with Crippen LogP contribution in [0.5, 0.6) is 5.75 Å². The molecule has 116 valence electrons. The predicted octanol–water partition coefficient (Wildman–Crippen LogP) is 3.85. The first-order valence-electron chi connectivity index (χ1n) is 6.63. The normalized spacial score (nSPS) is 10.2. The van der Waals surface area contributed by atoms with Crippen molar-refractivity contribution in [1.29, 1.82) is 0 Å². The van der Waals surface area contributed by atoms with Crippen LogP contribution in [0.1, 0.15) is 5.56 Å². The lowest BCUT2D eigenvalue weighted by molar-refractivity contribution is -0.114. The van der Waals surface area contributed by atoms with Crippen LogP contribution in [-0.2, 0) is 4.79 Å². The quantitative estimate of drug-likeness (QED) is 0.879. The van der Waals surface area contributed by atoms with Gasteiger partial charge in [-0.15, -0.1) is 0 Å². The van der Waals surface area contributed by atoms with Gasteiger partial charge in [-0.05, 0) is 42.8 Å². The Hall–Kier alpha value is -2.27. The number of hydrogen-bond donors (Lipinski definition) is 2. The van der Waals surface area contributed by atoms with E-state index in [1.165, 1.54) is 19.2 Å². The summed E-state index contributed by atoms with van der Waals surface area (Å²) in [7, 11) is 1.53. The standard InChI is InChI=1S/C16H16ClFN2O2/c1-10-3-5-12(18)8-13(10)20-16(21)9-19-14-7-11(17)4-6-15(14)22-2/h3-8,19H,9H2,1-2H3,(H,20,21). The second-order valence-corrected chi connectivity index (χ2v) is 5.14. The molecule has 0 radical (unpaired) electrons. The average Bonchev–Trinajstić information content (AvgIpc) is 2.49. The second kappa shape index (κ2) is 7.13. The van der Waals surface area contributed by atoms with Crippen LogP contribution in [0.4, 0.5) is 15.8 Å². The third-order valence-electron chi connectivity index (χ3n) is 3.07. The van der Waals surface area contributed by atoms with E-state index in [9.17, 15) is 9.18 Å². The molecule has 2 aromatic carbocycles. The Balaban J connectivity index is 2.01. The molecule has 0 fully saturated rings. The molecule has 4 nitrogen and oxygen atoms in total. The fourth-order valence-electron chi connectivity index (χ4n) is 1.92. The van der Waals surface area contributed by atoms with Crippen molar-refractivity contribution in [3.05, 3.63) is 52.8 Å². The number of amides is 1. The summed E-state index contributed by atoms with van der Waals surface area (Å²) in [6.07, 6.45) is 0. The molecule has 2 rings (SSSR count). The van der Waals surface area contributed by atoms with E-state index in [2.05, 4.69) is 10.6 Å². The molecule has 0 aliphatic carbocycles. The molecule has 1 amide bonds. The van der Waals surface area contributed by atoms with Gasteiger partial charge in [0.05, 0.1) is 19.3 Å². The van der Waals surface area contributed by atoms with Crippen molar-refractivity contribution < 1.29 is 13.9 Å². The smallest absolute Gasteiger partial charge is 0.243 e. The molecule has 0 aliphatic rings. The first-order chi connectivity index (χ1) is 10.5. The maximum Gasteiger partial charge on any atom is 0.243 e. The molecule has 0 saturated carbocycles. The van der Waals surface area contributed by atoms with Crippen molar-refractivity contribution in [3.8, 4) is 5.75 Å². The van der Waals surface area contributed by atoms with Crippen molar-refractivity contribution in [2.24, 2.45) is 0 Å². The van der Waals surface area contributed by atoms with Crippen molar-refractivity contribution in [2.45, 2.75) is 6.92 Å². The summed E-state index contributed by atoms with van der Waals surface area (Å²) in [5, 5.41) is 6.13. The molecule has 22 heavy (non-hydrogen) atoms. The Labute approximate surface area is 133 Å². The summed E-state index contributed by atoms with van der Waals surface area (Å²) in [4.78, 5) is 12.0. The van der Waals surface area contributed by atoms with Crippen LogP contribution in [0, 0.1) is 12.7 Å². The van der Waals surface area contributed by atoms with Crippen molar-refractivity contribution in [1.82, 2.24) is 0 Å². The van der Waals surface area contributed by atoms with Crippen molar-refractivity contribution >= 4 is 28.9 Å². The van der Waals surface area contributed by atoms with Gasteiger partial charge >= 0.3 is 0 Å². The van der Waals surface area contributed by atoms with E-state index in [1.54, 1.807) is 31.2 Å². The van der Waals surface area contributed by atoms with Gasteiger partial charge in [0.1, 0.15) is 11.6 Å². The third-order valence-corrected chi connectivity index (χ3v) is 3.31. The lowest BCUT2D eigenvalue weighted by Crippen LogP contribution is -2.22. The molecule has 2 N–H and O–H groups in total. The highest BCUT2D eigenvalue weighted by Crippen LogP contribution is 2.27. The summed E-state index contributed by atoms with van der Waals surface area (Å²) >= 11 is 5.92. The molecule has 0 bridgehead atoms. The maximum atomic E-state index is 13.2. The summed E-state index contributed by atoms with van der Waals surface area (Å²) < 4.78 is 18.4. The number of methoxy groups -OCH3 is 1. The zero-order valence-corrected chi connectivity index (χ0v) is 13.0. The van der Waals surface area contributed by atoms with E-state index < -0.39 is 5.82 Å². The van der Waals surface area contributed by atoms with Gasteiger partial charge in [-0.25, -0.2) is 4.39 Å². The van der Waals surface area contributed by atoms with Crippen LogP contribution in [-0.4, -0.2) is 19.6 Å². The van der Waals surface area contributed by atoms with Gasteiger partial charge in [-0.1, -0.05) is 17.7 Å². The first-order valence-corrected chi connectivity index (χ1v) is 7.01. The zero-order chi connectivity index (χ0) is 16.1. The molecular weight excluding hydrogens is 307 g/mol. The van der Waals surface area contributed by atoms with Crippen LogP contribution < -0.4 is 15.4 Å². The monoisotopic (exact) mass is 322 g/mol. The third kappa shape index (κ3) is 4.11. The number of hydrogen-bond acceptors (Lipinski definition) is 3. The van der Waals surface area contributed by atoms with E-state index in [1.807, 2.05) is 0 Å². The van der Waals surface area contributed by atoms with Gasteiger partial charge in [0.2, 0.25) is 5.91 Å². The summed E-state index contributed by atoms with van der Waals surface area (Å²) in [5.41, 5.74) is 1.85. The van der Waals surface area contributed by atoms with Crippen LogP contribution in [0.15, 0.2) is 36.4 Å². The number of anilines is 2. The van der Waals surface area contributed by atoms with Gasteiger partial charge in [0.25, 0.3) is 0 Å². The predicted molar refractivity (Wildman–Crippen MR) is 86.3 cm³/mol. The van der Waals surface area contributed by atoms with E-state index in [0.717, 1.165) is 5.56 Å². The summed E-state index contributed by atoms with van der Waals surface area (Å²) in [5.74, 6) is -0.111. The van der Waals surface area contributed by atoms with E-state index in [4.69, 9.17) is 16.3 Å². The van der Waals surface area contributed by atoms with Crippen LogP contribution in [0.3, 0.4) is 0 Å². The Morgan fingerprint density at radius 3 is 2.73 bits per heavy atom. The van der Waals surface area contributed by atoms with E-state index >= 15 is 0 Å². The molecule has 2 aromatic rings. The Morgan fingerprint density at radius 2 is 2.00 bits per heavy atom. The molecule has 0 atom stereocenters. The maximum absolute atomic E-state index is 13.2. The lowest BCUT2D eigenvalue weighted by Gasteiger charge is -2.12. The number of rotatable bonds is 5. The SMILES string of the molecule is COc1ccc(Cl)cc1NCC(=O)Nc1cc(F)ccc1C. The largest absolute Gasteiger partial charge is 0.495 e. The van der Waals surface area contributed by atoms with Gasteiger partial charge in [0, 0.05) is 10.7 Å². The Morgan fingerprint density at radius 1 is 1.23 bits per heavy atom. The number of benzene rings is 2. The van der Waals surface area contributed by atoms with Crippen LogP contribution >= 0.6 is 11.6 Å². The van der Waals surface area contributed by atoms with Gasteiger partial charge in [-0.2, -0.15) is 0 Å². The average molecular weight is 323 g/mol. The molecule has 6 heteroatoms. The van der Waals surface area contributed by atoms with Crippen LogP contribution in [0.2, 0.25) is 5.02 Å². The number of carbonyl (C=O) groups is 1. The fourth-order valence-corrected chi connectivity index (χ4v) is 2.09. The fraction of sp³-hybridized carbons (Fsp3) is 0.188. The highest BCUT2D eigenvalue weighted by atomic mass is 35.5. The topological polar surface area (TPSA) is 50.4 Å². The highest BCUT2D eigenvalue weighted by molar-refractivity contribution is 6.30. The van der Waals surface area contributed by atoms with Crippen molar-refractivity contribution in [3.63, 3.8) is 0 Å². The first kappa shape index (κ1) is 16.1. The lowest BCUT2D eigenvalue weighted by atomic mass is 10.2. The van der Waals surface area contributed by atoms with Gasteiger partial charge < -0.3 is 15.4 Å². The number of ether oxygens (including phenoxy) is 1. The van der Waals surface area contributed by atoms with Gasteiger partial charge in [0.15, 0.2) is 0 Å². The second-order valence-electron chi connectivity index (χ2n) is 4.71. The summed E-state index contributed by atoms with van der Waals surface area (Å²) in [6, 6.07) is 9.31. The molecule has 0 aliphatic heterocycles. The van der Waals surface area contributed by atoms with Gasteiger partial charge in [-0.3, -0.25) is 4.79 Å². The van der Waals surface area contributed by atoms with E-state index in [-0.39, 0.29) is 12.5 Å². The zero-order valence-electron chi connectivity index (χ0n) is 12.2. The number of carbonyl (C=O) groups excluding carboxylic acids is 1. The highest BCUT2D eigenvalue weighted by Gasteiger charge is 2.08. The molecular formula is C16H16ClFN2O2. The molecule has 0 spiro atoms. The minimum absolute atomic E-state index is 0.00660. The molecule has 0 aromatic heterocycles. The number of halogens is 2. The Kier molecular flexibility index (Phi) is 5.22. The molecule has 0 saturated heterocycles. The minimum atomic E-state index is -0.398. The van der Waals surface area contributed by atoms with Crippen molar-refractivity contribution in [2.75, 3.05) is 24.3 Å². The number of aryl methyl sites for hydroxylation is 1. The summed E-state index contributed by atoms with van der Waals surface area (Å²) in [6.45, 7) is 1.80. The molecule has 0 unspecified atom stereocenters. The Bertz CT molecular complexity index is 692.